The number of tetrazole rings is 1. The monoisotopic (exact) mass is 342 g/mol. The van der Waals surface area contributed by atoms with Gasteiger partial charge < -0.3 is 5.32 Å². The molecule has 0 saturated carbocycles. The van der Waals surface area contributed by atoms with Gasteiger partial charge in [-0.1, -0.05) is 13.0 Å². The number of hydrogen-bond acceptors (Lipinski definition) is 6. The van der Waals surface area contributed by atoms with E-state index in [0.29, 0.717) is 5.56 Å². The molecule has 0 radical (unpaired) electrons. The van der Waals surface area contributed by atoms with Crippen molar-refractivity contribution in [3.8, 4) is 5.69 Å². The Hall–Kier alpha value is -2.61. The van der Waals surface area contributed by atoms with E-state index in [9.17, 15) is 4.79 Å². The van der Waals surface area contributed by atoms with E-state index in [4.69, 9.17) is 0 Å². The van der Waals surface area contributed by atoms with Gasteiger partial charge in [0.1, 0.15) is 11.3 Å². The minimum absolute atomic E-state index is 0.151. The van der Waals surface area contributed by atoms with E-state index >= 15 is 0 Å². The van der Waals surface area contributed by atoms with Gasteiger partial charge in [-0.25, -0.2) is 9.67 Å². The minimum Gasteiger partial charge on any atom is -0.340 e. The highest BCUT2D eigenvalue weighted by Crippen LogP contribution is 2.28. The molecule has 0 fully saturated rings. The number of rotatable bonds is 5. The molecule has 3 aromatic rings. The normalized spacial score (nSPS) is 13.5. The van der Waals surface area contributed by atoms with Gasteiger partial charge in [-0.05, 0) is 48.9 Å². The first-order valence-corrected chi connectivity index (χ1v) is 8.48. The zero-order chi connectivity index (χ0) is 17.2. The number of aromatic nitrogens is 5. The van der Waals surface area contributed by atoms with Crippen molar-refractivity contribution in [1.29, 1.82) is 0 Å². The molecule has 2 heterocycles. The van der Waals surface area contributed by atoms with Crippen LogP contribution in [0.3, 0.4) is 0 Å². The van der Waals surface area contributed by atoms with Crippen LogP contribution in [0.25, 0.3) is 5.69 Å². The standard InChI is InChI=1S/C16H18N6OS/c1-4-16(3,15-18-11(2)9-24-15)19-14(23)12-6-5-7-13(8-12)22-10-17-20-21-22/h5-10H,4H2,1-3H3,(H,19,23)/t16-/m0/s1. The molecule has 8 heteroatoms. The van der Waals surface area contributed by atoms with Crippen molar-refractivity contribution in [2.24, 2.45) is 0 Å². The Bertz CT molecular complexity index is 844. The Morgan fingerprint density at radius 2 is 2.25 bits per heavy atom. The quantitative estimate of drug-likeness (QED) is 0.770. The van der Waals surface area contributed by atoms with Gasteiger partial charge in [0.15, 0.2) is 0 Å². The maximum absolute atomic E-state index is 12.7. The molecule has 1 amide bonds. The summed E-state index contributed by atoms with van der Waals surface area (Å²) in [7, 11) is 0. The second-order valence-electron chi connectivity index (χ2n) is 5.74. The maximum atomic E-state index is 12.7. The van der Waals surface area contributed by atoms with E-state index in [2.05, 4.69) is 25.8 Å². The molecule has 0 aliphatic heterocycles. The lowest BCUT2D eigenvalue weighted by Crippen LogP contribution is -2.43. The predicted molar refractivity (Wildman–Crippen MR) is 91.1 cm³/mol. The Morgan fingerprint density at radius 1 is 1.42 bits per heavy atom. The zero-order valence-corrected chi connectivity index (χ0v) is 14.5. The molecule has 0 saturated heterocycles. The summed E-state index contributed by atoms with van der Waals surface area (Å²) in [5.41, 5.74) is 1.75. The smallest absolute Gasteiger partial charge is 0.252 e. The second-order valence-corrected chi connectivity index (χ2v) is 6.60. The predicted octanol–water partition coefficient (Wildman–Crippen LogP) is 2.48. The fourth-order valence-electron chi connectivity index (χ4n) is 2.29. The van der Waals surface area contributed by atoms with Crippen molar-refractivity contribution >= 4 is 17.2 Å². The van der Waals surface area contributed by atoms with Crippen LogP contribution in [0.2, 0.25) is 0 Å². The van der Waals surface area contributed by atoms with E-state index < -0.39 is 5.54 Å². The van der Waals surface area contributed by atoms with Gasteiger partial charge in [0.25, 0.3) is 5.91 Å². The highest BCUT2D eigenvalue weighted by atomic mass is 32.1. The number of benzene rings is 1. The lowest BCUT2D eigenvalue weighted by atomic mass is 9.99. The first kappa shape index (κ1) is 16.3. The average Bonchev–Trinajstić information content (AvgIpc) is 3.26. The number of amides is 1. The molecule has 0 aliphatic rings. The molecule has 24 heavy (non-hydrogen) atoms. The van der Waals surface area contributed by atoms with Gasteiger partial charge in [0, 0.05) is 16.6 Å². The molecule has 0 unspecified atom stereocenters. The van der Waals surface area contributed by atoms with Crippen LogP contribution in [-0.4, -0.2) is 31.1 Å². The maximum Gasteiger partial charge on any atom is 0.252 e. The number of carbonyl (C=O) groups excluding carboxylic acids is 1. The van der Waals surface area contributed by atoms with Crippen molar-refractivity contribution in [2.45, 2.75) is 32.7 Å². The number of carbonyl (C=O) groups is 1. The highest BCUT2D eigenvalue weighted by Gasteiger charge is 2.30. The molecule has 0 spiro atoms. The van der Waals surface area contributed by atoms with Crippen molar-refractivity contribution in [3.63, 3.8) is 0 Å². The van der Waals surface area contributed by atoms with Crippen LogP contribution in [-0.2, 0) is 5.54 Å². The van der Waals surface area contributed by atoms with Crippen LogP contribution in [0.4, 0.5) is 0 Å². The van der Waals surface area contributed by atoms with E-state index in [1.165, 1.54) is 11.0 Å². The van der Waals surface area contributed by atoms with Crippen molar-refractivity contribution in [1.82, 2.24) is 30.5 Å². The molecule has 7 nitrogen and oxygen atoms in total. The molecule has 0 bridgehead atoms. The van der Waals surface area contributed by atoms with Gasteiger partial charge in [-0.3, -0.25) is 4.79 Å². The first-order chi connectivity index (χ1) is 11.5. The number of nitrogens with one attached hydrogen (secondary N) is 1. The number of nitrogens with zero attached hydrogens (tertiary/aromatic N) is 5. The number of aryl methyl sites for hydroxylation is 1. The van der Waals surface area contributed by atoms with Crippen LogP contribution >= 0.6 is 11.3 Å². The summed E-state index contributed by atoms with van der Waals surface area (Å²) >= 11 is 1.56. The third-order valence-corrected chi connectivity index (χ3v) is 5.13. The summed E-state index contributed by atoms with van der Waals surface area (Å²) in [5.74, 6) is -0.151. The average molecular weight is 342 g/mol. The molecule has 1 N–H and O–H groups in total. The summed E-state index contributed by atoms with van der Waals surface area (Å²) in [4.78, 5) is 17.3. The van der Waals surface area contributed by atoms with E-state index in [1.807, 2.05) is 38.3 Å². The SMILES string of the molecule is CC[C@](C)(NC(=O)c1cccc(-n2cnnn2)c1)c1nc(C)cs1. The summed E-state index contributed by atoms with van der Waals surface area (Å²) in [6, 6.07) is 7.18. The summed E-state index contributed by atoms with van der Waals surface area (Å²) in [6.07, 6.45) is 2.24. The Morgan fingerprint density at radius 3 is 2.88 bits per heavy atom. The molecular formula is C16H18N6OS. The summed E-state index contributed by atoms with van der Waals surface area (Å²) in [6.45, 7) is 5.98. The van der Waals surface area contributed by atoms with Crippen LogP contribution in [0, 0.1) is 6.92 Å². The molecule has 3 rings (SSSR count). The lowest BCUT2D eigenvalue weighted by Gasteiger charge is -2.27. The van der Waals surface area contributed by atoms with Gasteiger partial charge in [-0.15, -0.1) is 16.4 Å². The van der Waals surface area contributed by atoms with Gasteiger partial charge in [0.05, 0.1) is 11.2 Å². The Balaban J connectivity index is 1.85. The van der Waals surface area contributed by atoms with Crippen LogP contribution in [0.1, 0.15) is 41.3 Å². The summed E-state index contributed by atoms with van der Waals surface area (Å²) in [5, 5.41) is 17.1. The molecule has 0 aliphatic carbocycles. The van der Waals surface area contributed by atoms with Crippen LogP contribution < -0.4 is 5.32 Å². The largest absolute Gasteiger partial charge is 0.340 e. The van der Waals surface area contributed by atoms with Gasteiger partial charge in [-0.2, -0.15) is 0 Å². The number of thiazole rings is 1. The van der Waals surface area contributed by atoms with Crippen LogP contribution in [0.5, 0.6) is 0 Å². The molecule has 1 aromatic carbocycles. The van der Waals surface area contributed by atoms with Crippen LogP contribution in [0.15, 0.2) is 36.0 Å². The first-order valence-electron chi connectivity index (χ1n) is 7.60. The topological polar surface area (TPSA) is 85.6 Å². The number of hydrogen-bond donors (Lipinski definition) is 1. The molecular weight excluding hydrogens is 324 g/mol. The second kappa shape index (κ2) is 6.48. The third-order valence-electron chi connectivity index (χ3n) is 3.91. The van der Waals surface area contributed by atoms with Crippen molar-refractivity contribution in [2.75, 3.05) is 0 Å². The molecule has 1 atom stereocenters. The molecule has 2 aromatic heterocycles. The molecule has 124 valence electrons. The fraction of sp³-hybridized carbons (Fsp3) is 0.312. The van der Waals surface area contributed by atoms with E-state index in [-0.39, 0.29) is 5.91 Å². The van der Waals surface area contributed by atoms with Gasteiger partial charge >= 0.3 is 0 Å². The van der Waals surface area contributed by atoms with E-state index in [0.717, 1.165) is 22.8 Å². The summed E-state index contributed by atoms with van der Waals surface area (Å²) < 4.78 is 1.51. The van der Waals surface area contributed by atoms with E-state index in [1.54, 1.807) is 23.5 Å². The highest BCUT2D eigenvalue weighted by molar-refractivity contribution is 7.09. The fourth-order valence-corrected chi connectivity index (χ4v) is 3.28. The lowest BCUT2D eigenvalue weighted by molar-refractivity contribution is 0.0902. The van der Waals surface area contributed by atoms with Crippen molar-refractivity contribution in [3.05, 3.63) is 52.2 Å². The Labute approximate surface area is 143 Å². The third kappa shape index (κ3) is 3.18. The van der Waals surface area contributed by atoms with Gasteiger partial charge in [0.2, 0.25) is 0 Å². The zero-order valence-electron chi connectivity index (χ0n) is 13.7. The van der Waals surface area contributed by atoms with Crippen molar-refractivity contribution < 1.29 is 4.79 Å². The minimum atomic E-state index is -0.499. The Kier molecular flexibility index (Phi) is 4.39.